The zero-order valence-electron chi connectivity index (χ0n) is 17.7. The fourth-order valence-corrected chi connectivity index (χ4v) is 3.24. The molecule has 0 atom stereocenters. The summed E-state index contributed by atoms with van der Waals surface area (Å²) in [5.74, 6) is -0.0350. The summed E-state index contributed by atoms with van der Waals surface area (Å²) in [4.78, 5) is 21.2. The molecular weight excluding hydrogens is 445 g/mol. The number of alkyl halides is 3. The largest absolute Gasteiger partial charge is 0.471 e. The molecule has 4 rings (SSSR count). The molecule has 0 saturated heterocycles. The van der Waals surface area contributed by atoms with Gasteiger partial charge in [-0.25, -0.2) is 9.97 Å². The number of pyridine rings is 2. The van der Waals surface area contributed by atoms with Gasteiger partial charge in [0.15, 0.2) is 0 Å². The molecule has 1 amide bonds. The summed E-state index contributed by atoms with van der Waals surface area (Å²) < 4.78 is 45.4. The van der Waals surface area contributed by atoms with Crippen molar-refractivity contribution in [1.29, 1.82) is 0 Å². The van der Waals surface area contributed by atoms with Crippen LogP contribution < -0.4 is 15.8 Å². The monoisotopic (exact) mass is 464 g/mol. The average Bonchev–Trinajstić information content (AvgIpc) is 2.83. The molecule has 0 spiro atoms. The van der Waals surface area contributed by atoms with Crippen LogP contribution in [0.2, 0.25) is 0 Å². The van der Waals surface area contributed by atoms with Crippen LogP contribution in [0.1, 0.15) is 21.6 Å². The van der Waals surface area contributed by atoms with Crippen LogP contribution in [0.15, 0.2) is 85.1 Å². The Bertz CT molecular complexity index is 1290. The van der Waals surface area contributed by atoms with E-state index in [9.17, 15) is 18.0 Å². The maximum atomic E-state index is 13.3. The number of aromatic nitrogens is 2. The molecular formula is C25H19F3N4O2. The van der Waals surface area contributed by atoms with E-state index in [0.29, 0.717) is 28.3 Å². The molecule has 3 N–H and O–H groups in total. The predicted molar refractivity (Wildman–Crippen MR) is 122 cm³/mol. The Hall–Kier alpha value is -4.40. The van der Waals surface area contributed by atoms with Gasteiger partial charge in [0.2, 0.25) is 5.88 Å². The number of carbonyl (C=O) groups is 1. The number of anilines is 2. The number of nitrogens with one attached hydrogen (secondary N) is 1. The lowest BCUT2D eigenvalue weighted by atomic mass is 9.96. The standard InChI is InChI=1S/C25H19F3N4O2/c26-25(27,28)17-9-11-20(16-5-2-1-3-6-16)21(13-17)24(33)32-18-10-12-23(30-14-18)34-15-19-7-4-8-22(29)31-19/h1-14H,15H2,(H2,29,31)(H,32,33). The number of amides is 1. The molecule has 34 heavy (non-hydrogen) atoms. The lowest BCUT2D eigenvalue weighted by Gasteiger charge is -2.14. The van der Waals surface area contributed by atoms with Gasteiger partial charge in [0.25, 0.3) is 5.91 Å². The normalized spacial score (nSPS) is 11.1. The highest BCUT2D eigenvalue weighted by Crippen LogP contribution is 2.33. The summed E-state index contributed by atoms with van der Waals surface area (Å²) in [6, 6.07) is 20.1. The summed E-state index contributed by atoms with van der Waals surface area (Å²) in [5, 5.41) is 2.60. The second-order valence-corrected chi connectivity index (χ2v) is 7.31. The average molecular weight is 464 g/mol. The van der Waals surface area contributed by atoms with E-state index in [4.69, 9.17) is 10.5 Å². The van der Waals surface area contributed by atoms with Gasteiger partial charge in [0.1, 0.15) is 12.4 Å². The van der Waals surface area contributed by atoms with Gasteiger partial charge in [0.05, 0.1) is 23.1 Å². The molecule has 0 unspecified atom stereocenters. The van der Waals surface area contributed by atoms with E-state index in [2.05, 4.69) is 15.3 Å². The van der Waals surface area contributed by atoms with Gasteiger partial charge in [-0.15, -0.1) is 0 Å². The Morgan fingerprint density at radius 1 is 0.971 bits per heavy atom. The van der Waals surface area contributed by atoms with Crippen LogP contribution >= 0.6 is 0 Å². The number of ether oxygens (including phenoxy) is 1. The van der Waals surface area contributed by atoms with Crippen molar-refractivity contribution >= 4 is 17.4 Å². The van der Waals surface area contributed by atoms with Crippen LogP contribution in [0.25, 0.3) is 11.1 Å². The maximum absolute atomic E-state index is 13.3. The molecule has 2 aromatic heterocycles. The molecule has 9 heteroatoms. The Balaban J connectivity index is 1.52. The lowest BCUT2D eigenvalue weighted by Crippen LogP contribution is -2.15. The first kappa shape index (κ1) is 22.8. The summed E-state index contributed by atoms with van der Waals surface area (Å²) in [6.07, 6.45) is -3.22. The molecule has 6 nitrogen and oxygen atoms in total. The van der Waals surface area contributed by atoms with Crippen molar-refractivity contribution in [2.45, 2.75) is 12.8 Å². The van der Waals surface area contributed by atoms with Gasteiger partial charge < -0.3 is 15.8 Å². The van der Waals surface area contributed by atoms with Crippen molar-refractivity contribution in [3.8, 4) is 17.0 Å². The summed E-state index contributed by atoms with van der Waals surface area (Å²) >= 11 is 0. The van der Waals surface area contributed by atoms with E-state index in [0.717, 1.165) is 12.1 Å². The molecule has 0 aliphatic rings. The fourth-order valence-electron chi connectivity index (χ4n) is 3.24. The molecule has 0 aliphatic heterocycles. The van der Waals surface area contributed by atoms with Crippen LogP contribution in [0.3, 0.4) is 0 Å². The Morgan fingerprint density at radius 2 is 1.76 bits per heavy atom. The minimum atomic E-state index is -4.58. The van der Waals surface area contributed by atoms with Crippen molar-refractivity contribution < 1.29 is 22.7 Å². The Labute approximate surface area is 193 Å². The smallest absolute Gasteiger partial charge is 0.416 e. The molecule has 4 aromatic rings. The highest BCUT2D eigenvalue weighted by molar-refractivity contribution is 6.08. The second-order valence-electron chi connectivity index (χ2n) is 7.31. The number of hydrogen-bond donors (Lipinski definition) is 2. The highest BCUT2D eigenvalue weighted by atomic mass is 19.4. The zero-order valence-corrected chi connectivity index (χ0v) is 17.7. The first-order valence-corrected chi connectivity index (χ1v) is 10.2. The van der Waals surface area contributed by atoms with Crippen LogP contribution in [-0.2, 0) is 12.8 Å². The number of nitrogen functional groups attached to an aromatic ring is 1. The van der Waals surface area contributed by atoms with Crippen molar-refractivity contribution in [3.05, 3.63) is 102 Å². The molecule has 0 radical (unpaired) electrons. The lowest BCUT2D eigenvalue weighted by molar-refractivity contribution is -0.137. The molecule has 172 valence electrons. The first-order valence-electron chi connectivity index (χ1n) is 10.2. The quantitative estimate of drug-likeness (QED) is 0.389. The fraction of sp³-hybridized carbons (Fsp3) is 0.0800. The molecule has 0 saturated carbocycles. The van der Waals surface area contributed by atoms with Gasteiger partial charge in [-0.1, -0.05) is 42.5 Å². The van der Waals surface area contributed by atoms with E-state index in [-0.39, 0.29) is 18.1 Å². The van der Waals surface area contributed by atoms with Crippen LogP contribution in [0.4, 0.5) is 24.7 Å². The number of benzene rings is 2. The number of hydrogen-bond acceptors (Lipinski definition) is 5. The molecule has 0 aliphatic carbocycles. The van der Waals surface area contributed by atoms with Gasteiger partial charge >= 0.3 is 6.18 Å². The third-order valence-electron chi connectivity index (χ3n) is 4.87. The second kappa shape index (κ2) is 9.62. The van der Waals surface area contributed by atoms with E-state index in [1.54, 1.807) is 54.6 Å². The maximum Gasteiger partial charge on any atom is 0.416 e. The molecule has 0 bridgehead atoms. The summed E-state index contributed by atoms with van der Waals surface area (Å²) in [6.45, 7) is 0.147. The van der Waals surface area contributed by atoms with Gasteiger partial charge in [-0.2, -0.15) is 13.2 Å². The SMILES string of the molecule is Nc1cccc(COc2ccc(NC(=O)c3cc(C(F)(F)F)ccc3-c3ccccc3)cn2)n1. The van der Waals surface area contributed by atoms with Crippen molar-refractivity contribution in [1.82, 2.24) is 9.97 Å². The van der Waals surface area contributed by atoms with Crippen LogP contribution in [-0.4, -0.2) is 15.9 Å². The van der Waals surface area contributed by atoms with Gasteiger partial charge in [-0.05, 0) is 41.5 Å². The number of nitrogens with two attached hydrogens (primary N) is 1. The first-order chi connectivity index (χ1) is 16.3. The van der Waals surface area contributed by atoms with Gasteiger partial charge in [0, 0.05) is 11.6 Å². The van der Waals surface area contributed by atoms with Crippen molar-refractivity contribution in [3.63, 3.8) is 0 Å². The van der Waals surface area contributed by atoms with Crippen molar-refractivity contribution in [2.75, 3.05) is 11.1 Å². The van der Waals surface area contributed by atoms with E-state index < -0.39 is 17.6 Å². The summed E-state index contributed by atoms with van der Waals surface area (Å²) in [7, 11) is 0. The van der Waals surface area contributed by atoms with Crippen LogP contribution in [0, 0.1) is 0 Å². The topological polar surface area (TPSA) is 90.1 Å². The molecule has 2 aromatic carbocycles. The van der Waals surface area contributed by atoms with E-state index >= 15 is 0 Å². The molecule has 2 heterocycles. The third kappa shape index (κ3) is 5.50. The number of rotatable bonds is 6. The van der Waals surface area contributed by atoms with E-state index in [1.165, 1.54) is 18.3 Å². The minimum absolute atomic E-state index is 0.103. The van der Waals surface area contributed by atoms with Crippen LogP contribution in [0.5, 0.6) is 5.88 Å². The molecule has 0 fully saturated rings. The number of carbonyl (C=O) groups excluding carboxylic acids is 1. The van der Waals surface area contributed by atoms with E-state index in [1.807, 2.05) is 0 Å². The Kier molecular flexibility index (Phi) is 6.44. The number of nitrogens with zero attached hydrogens (tertiary/aromatic N) is 2. The summed E-state index contributed by atoms with van der Waals surface area (Å²) in [5.41, 5.74) is 6.56. The minimum Gasteiger partial charge on any atom is -0.471 e. The third-order valence-corrected chi connectivity index (χ3v) is 4.87. The Morgan fingerprint density at radius 3 is 2.44 bits per heavy atom. The zero-order chi connectivity index (χ0) is 24.1. The highest BCUT2D eigenvalue weighted by Gasteiger charge is 2.32. The van der Waals surface area contributed by atoms with Crippen molar-refractivity contribution in [2.24, 2.45) is 0 Å². The predicted octanol–water partition coefficient (Wildman–Crippen LogP) is 5.58. The van der Waals surface area contributed by atoms with Gasteiger partial charge in [-0.3, -0.25) is 4.79 Å². The number of halogens is 3.